The first-order valence-corrected chi connectivity index (χ1v) is 8.51. The average Bonchev–Trinajstić information content (AvgIpc) is 2.35. The quantitative estimate of drug-likeness (QED) is 0.434. The van der Waals surface area contributed by atoms with Crippen molar-refractivity contribution < 1.29 is 14.6 Å². The summed E-state index contributed by atoms with van der Waals surface area (Å²) in [6.07, 6.45) is 1.81. The Balaban J connectivity index is 4.39. The van der Waals surface area contributed by atoms with E-state index in [4.69, 9.17) is 14.6 Å². The van der Waals surface area contributed by atoms with Crippen LogP contribution < -0.4 is 5.32 Å². The van der Waals surface area contributed by atoms with E-state index in [1.165, 1.54) is 0 Å². The smallest absolute Gasteiger partial charge is 0.374 e. The van der Waals surface area contributed by atoms with Crippen molar-refractivity contribution in [1.82, 2.24) is 5.32 Å². The Labute approximate surface area is 109 Å². The number of hydrogen-bond acceptors (Lipinski definition) is 4. The summed E-state index contributed by atoms with van der Waals surface area (Å²) in [4.78, 5) is 0. The molecule has 0 heterocycles. The van der Waals surface area contributed by atoms with E-state index in [1.54, 1.807) is 0 Å². The van der Waals surface area contributed by atoms with Crippen LogP contribution in [0, 0.1) is 0 Å². The van der Waals surface area contributed by atoms with Crippen molar-refractivity contribution in [2.45, 2.75) is 46.6 Å². The van der Waals surface area contributed by atoms with Gasteiger partial charge in [-0.15, -0.1) is 0 Å². The Kier molecular flexibility index (Phi) is 9.93. The van der Waals surface area contributed by atoms with Crippen LogP contribution in [0.25, 0.3) is 0 Å². The predicted molar refractivity (Wildman–Crippen MR) is 73.2 cm³/mol. The molecular weight excluding hydrogens is 234 g/mol. The zero-order valence-electron chi connectivity index (χ0n) is 12.8. The molecule has 0 aliphatic rings. The van der Waals surface area contributed by atoms with Gasteiger partial charge in [0, 0.05) is 27.2 Å². The third-order valence-corrected chi connectivity index (χ3v) is 5.04. The summed E-state index contributed by atoms with van der Waals surface area (Å²) >= 11 is 0. The Morgan fingerprint density at radius 2 is 1.47 bits per heavy atom. The van der Waals surface area contributed by atoms with Gasteiger partial charge in [-0.1, -0.05) is 6.92 Å². The van der Waals surface area contributed by atoms with E-state index in [0.717, 1.165) is 19.5 Å². The molecule has 0 saturated heterocycles. The van der Waals surface area contributed by atoms with Crippen molar-refractivity contribution in [2.75, 3.05) is 32.9 Å². The van der Waals surface area contributed by atoms with Gasteiger partial charge in [0.15, 0.2) is 0 Å². The van der Waals surface area contributed by atoms with Gasteiger partial charge in [0.05, 0.1) is 0 Å². The molecule has 0 rings (SSSR count). The van der Waals surface area contributed by atoms with E-state index in [1.807, 2.05) is 20.8 Å². The highest BCUT2D eigenvalue weighted by atomic mass is 28.4. The first-order valence-electron chi connectivity index (χ1n) is 7.29. The summed E-state index contributed by atoms with van der Waals surface area (Å²) in [5.41, 5.74) is 0. The number of nitrogens with one attached hydrogen (secondary N) is 1. The van der Waals surface area contributed by atoms with Gasteiger partial charge in [0.1, 0.15) is 0 Å². The third kappa shape index (κ3) is 7.89. The van der Waals surface area contributed by atoms with E-state index >= 15 is 0 Å². The molecule has 0 aliphatic carbocycles. The second kappa shape index (κ2) is 11.2. The molecule has 0 aromatic carbocycles. The lowest BCUT2D eigenvalue weighted by molar-refractivity contribution is 0.0708. The average molecular weight is 264 g/mol. The van der Waals surface area contributed by atoms with Gasteiger partial charge < -0.3 is 18.6 Å². The second-order valence-electron chi connectivity index (χ2n) is 3.65. The van der Waals surface area contributed by atoms with Gasteiger partial charge in [-0.25, -0.2) is 0 Å². The summed E-state index contributed by atoms with van der Waals surface area (Å²) in [5.74, 6) is 0. The molecular formula is C12H29NO3Si. The number of hydrogen-bond donors (Lipinski definition) is 1. The molecule has 0 saturated carbocycles. The van der Waals surface area contributed by atoms with E-state index in [2.05, 4.69) is 12.2 Å². The van der Waals surface area contributed by atoms with Gasteiger partial charge in [0.2, 0.25) is 0 Å². The van der Waals surface area contributed by atoms with Gasteiger partial charge in [-0.05, 0) is 46.7 Å². The first-order chi connectivity index (χ1) is 8.66. The largest absolute Gasteiger partial charge is 0.500 e. The van der Waals surface area contributed by atoms with Crippen LogP contribution >= 0.6 is 0 Å². The standard InChI is InChI=1S/C12H29NO3Si/c1-5-10-13-11-9-12-17(14-6-2,15-7-3)16-8-4/h13H,5-12H2,1-4H3/i12D. The van der Waals surface area contributed by atoms with Crippen LogP contribution in [0.2, 0.25) is 6.02 Å². The topological polar surface area (TPSA) is 39.7 Å². The highest BCUT2D eigenvalue weighted by Crippen LogP contribution is 2.17. The highest BCUT2D eigenvalue weighted by Gasteiger charge is 2.39. The van der Waals surface area contributed by atoms with Crippen LogP contribution in [0.5, 0.6) is 0 Å². The van der Waals surface area contributed by atoms with Crippen LogP contribution in [0.3, 0.4) is 0 Å². The SMILES string of the molecule is [2H]C(CCNCCC)[Si](OCC)(OCC)OCC. The Morgan fingerprint density at radius 1 is 0.941 bits per heavy atom. The normalized spacial score (nSPS) is 14.7. The molecule has 0 spiro atoms. The second-order valence-corrected chi connectivity index (χ2v) is 6.13. The monoisotopic (exact) mass is 264 g/mol. The molecule has 0 radical (unpaired) electrons. The molecule has 17 heavy (non-hydrogen) atoms. The van der Waals surface area contributed by atoms with Crippen molar-refractivity contribution in [3.63, 3.8) is 0 Å². The van der Waals surface area contributed by atoms with Crippen molar-refractivity contribution in [3.8, 4) is 0 Å². The van der Waals surface area contributed by atoms with Crippen LogP contribution in [-0.2, 0) is 13.3 Å². The van der Waals surface area contributed by atoms with E-state index in [9.17, 15) is 0 Å². The third-order valence-electron chi connectivity index (χ3n) is 2.18. The highest BCUT2D eigenvalue weighted by molar-refractivity contribution is 6.60. The minimum Gasteiger partial charge on any atom is -0.374 e. The van der Waals surface area contributed by atoms with E-state index in [0.29, 0.717) is 26.2 Å². The molecule has 1 atom stereocenters. The van der Waals surface area contributed by atoms with E-state index in [-0.39, 0.29) is 0 Å². The van der Waals surface area contributed by atoms with Crippen LogP contribution in [0.1, 0.15) is 41.9 Å². The molecule has 0 aromatic rings. The summed E-state index contributed by atoms with van der Waals surface area (Å²) in [6, 6.07) is -0.415. The zero-order chi connectivity index (χ0) is 13.9. The molecule has 4 nitrogen and oxygen atoms in total. The molecule has 0 aromatic heterocycles. The molecule has 1 unspecified atom stereocenters. The van der Waals surface area contributed by atoms with Crippen molar-refractivity contribution in [1.29, 1.82) is 0 Å². The van der Waals surface area contributed by atoms with Gasteiger partial charge in [0.25, 0.3) is 0 Å². The minimum atomic E-state index is -2.83. The molecule has 5 heteroatoms. The van der Waals surface area contributed by atoms with Crippen molar-refractivity contribution in [3.05, 3.63) is 0 Å². The molecule has 0 bridgehead atoms. The minimum absolute atomic E-state index is 0.415. The Bertz CT molecular complexity index is 181. The van der Waals surface area contributed by atoms with Crippen molar-refractivity contribution in [2.24, 2.45) is 0 Å². The van der Waals surface area contributed by atoms with Gasteiger partial charge in [-0.3, -0.25) is 0 Å². The molecule has 0 amide bonds. The Morgan fingerprint density at radius 3 is 1.88 bits per heavy atom. The summed E-state index contributed by atoms with van der Waals surface area (Å²) < 4.78 is 25.4. The van der Waals surface area contributed by atoms with Gasteiger partial charge >= 0.3 is 8.80 Å². The fraction of sp³-hybridized carbons (Fsp3) is 1.00. The van der Waals surface area contributed by atoms with Crippen LogP contribution in [0.15, 0.2) is 0 Å². The first kappa shape index (κ1) is 15.1. The van der Waals surface area contributed by atoms with Gasteiger partial charge in [-0.2, -0.15) is 0 Å². The van der Waals surface area contributed by atoms with Crippen LogP contribution in [-0.4, -0.2) is 41.7 Å². The number of rotatable bonds is 12. The molecule has 0 fully saturated rings. The fourth-order valence-electron chi connectivity index (χ4n) is 1.56. The lowest BCUT2D eigenvalue weighted by Gasteiger charge is -2.28. The fourth-order valence-corrected chi connectivity index (χ4v) is 3.87. The molecule has 1 N–H and O–H groups in total. The lowest BCUT2D eigenvalue weighted by atomic mass is 10.4. The summed E-state index contributed by atoms with van der Waals surface area (Å²) in [7, 11) is -2.83. The maximum absolute atomic E-state index is 8.27. The summed E-state index contributed by atoms with van der Waals surface area (Å²) in [6.45, 7) is 11.3. The zero-order valence-corrected chi connectivity index (χ0v) is 12.8. The van der Waals surface area contributed by atoms with E-state index < -0.39 is 14.8 Å². The predicted octanol–water partition coefficient (Wildman–Crippen LogP) is 2.42. The molecule has 104 valence electrons. The van der Waals surface area contributed by atoms with Crippen molar-refractivity contribution >= 4 is 8.80 Å². The Hall–Kier alpha value is 0.0569. The summed E-state index contributed by atoms with van der Waals surface area (Å²) in [5, 5.41) is 3.30. The maximum atomic E-state index is 8.27. The van der Waals surface area contributed by atoms with Crippen LogP contribution in [0.4, 0.5) is 0 Å². The lowest BCUT2D eigenvalue weighted by Crippen LogP contribution is -2.46. The molecule has 0 aliphatic heterocycles. The maximum Gasteiger partial charge on any atom is 0.500 e.